The number of amidine groups is 1. The van der Waals surface area contributed by atoms with Gasteiger partial charge in [0, 0.05) is 26.2 Å². The number of aliphatic imine (C=N–C) groups is 1. The zero-order valence-electron chi connectivity index (χ0n) is 13.8. The average molecular weight is 322 g/mol. The van der Waals surface area contributed by atoms with Crippen molar-refractivity contribution in [2.24, 2.45) is 4.99 Å². The first-order valence-corrected chi connectivity index (χ1v) is 8.57. The molecule has 7 nitrogen and oxygen atoms in total. The number of amides is 3. The van der Waals surface area contributed by atoms with E-state index in [0.29, 0.717) is 44.4 Å². The first-order chi connectivity index (χ1) is 11.1. The number of nitrogens with one attached hydrogen (secondary N) is 2. The van der Waals surface area contributed by atoms with Gasteiger partial charge in [-0.1, -0.05) is 19.3 Å². The summed E-state index contributed by atoms with van der Waals surface area (Å²) < 4.78 is 5.03. The summed E-state index contributed by atoms with van der Waals surface area (Å²) in [6.45, 7) is 1.45. The molecule has 0 atom stereocenters. The molecule has 3 amide bonds. The van der Waals surface area contributed by atoms with Crippen LogP contribution in [0.25, 0.3) is 0 Å². The van der Waals surface area contributed by atoms with Crippen molar-refractivity contribution in [3.05, 3.63) is 0 Å². The minimum atomic E-state index is -0.699. The predicted molar refractivity (Wildman–Crippen MR) is 86.4 cm³/mol. The SMILES string of the molecule is COCC1=NC2(CCN(C(=O)NC3CCCCC3)CC2)C(=O)N1. The second-order valence-electron chi connectivity index (χ2n) is 6.75. The third kappa shape index (κ3) is 3.49. The smallest absolute Gasteiger partial charge is 0.317 e. The first-order valence-electron chi connectivity index (χ1n) is 8.57. The van der Waals surface area contributed by atoms with Gasteiger partial charge in [0.15, 0.2) is 0 Å². The number of rotatable bonds is 3. The van der Waals surface area contributed by atoms with Crippen LogP contribution in [-0.4, -0.2) is 61.1 Å². The fourth-order valence-corrected chi connectivity index (χ4v) is 3.72. The molecule has 7 heteroatoms. The van der Waals surface area contributed by atoms with E-state index in [0.717, 1.165) is 12.8 Å². The van der Waals surface area contributed by atoms with Gasteiger partial charge < -0.3 is 20.3 Å². The molecule has 3 aliphatic rings. The summed E-state index contributed by atoms with van der Waals surface area (Å²) in [6, 6.07) is 0.319. The number of ether oxygens (including phenoxy) is 1. The Kier molecular flexibility index (Phi) is 4.84. The molecule has 0 unspecified atom stereocenters. The lowest BCUT2D eigenvalue weighted by Gasteiger charge is -2.36. The van der Waals surface area contributed by atoms with Gasteiger partial charge in [-0.3, -0.25) is 9.79 Å². The lowest BCUT2D eigenvalue weighted by molar-refractivity contribution is -0.125. The summed E-state index contributed by atoms with van der Waals surface area (Å²) in [5.74, 6) is 0.537. The van der Waals surface area contributed by atoms with Crippen molar-refractivity contribution in [2.45, 2.75) is 56.5 Å². The van der Waals surface area contributed by atoms with Gasteiger partial charge in [-0.25, -0.2) is 4.79 Å². The highest BCUT2D eigenvalue weighted by molar-refractivity contribution is 6.08. The number of carbonyl (C=O) groups excluding carboxylic acids is 2. The summed E-state index contributed by atoms with van der Waals surface area (Å²) in [5, 5.41) is 5.93. The van der Waals surface area contributed by atoms with Gasteiger partial charge in [0.05, 0.1) is 0 Å². The van der Waals surface area contributed by atoms with E-state index < -0.39 is 5.54 Å². The Morgan fingerprint density at radius 2 is 2.04 bits per heavy atom. The Morgan fingerprint density at radius 3 is 2.70 bits per heavy atom. The molecule has 2 N–H and O–H groups in total. The van der Waals surface area contributed by atoms with Crippen molar-refractivity contribution in [2.75, 3.05) is 26.8 Å². The summed E-state index contributed by atoms with van der Waals surface area (Å²) in [4.78, 5) is 31.0. The highest BCUT2D eigenvalue weighted by Gasteiger charge is 2.46. The first kappa shape index (κ1) is 16.2. The highest BCUT2D eigenvalue weighted by Crippen LogP contribution is 2.30. The second kappa shape index (κ2) is 6.86. The van der Waals surface area contributed by atoms with E-state index >= 15 is 0 Å². The van der Waals surface area contributed by atoms with E-state index in [-0.39, 0.29) is 11.9 Å². The Bertz CT molecular complexity index is 492. The maximum absolute atomic E-state index is 12.4. The highest BCUT2D eigenvalue weighted by atomic mass is 16.5. The number of methoxy groups -OCH3 is 1. The van der Waals surface area contributed by atoms with Crippen LogP contribution in [-0.2, 0) is 9.53 Å². The van der Waals surface area contributed by atoms with E-state index in [9.17, 15) is 9.59 Å². The molecule has 0 aromatic carbocycles. The van der Waals surface area contributed by atoms with Crippen molar-refractivity contribution in [1.82, 2.24) is 15.5 Å². The van der Waals surface area contributed by atoms with Gasteiger partial charge in [-0.15, -0.1) is 0 Å². The Labute approximate surface area is 136 Å². The molecular weight excluding hydrogens is 296 g/mol. The van der Waals surface area contributed by atoms with Crippen LogP contribution in [0.5, 0.6) is 0 Å². The molecule has 1 saturated heterocycles. The maximum Gasteiger partial charge on any atom is 0.317 e. The fraction of sp³-hybridized carbons (Fsp3) is 0.812. The predicted octanol–water partition coefficient (Wildman–Crippen LogP) is 1.04. The van der Waals surface area contributed by atoms with E-state index in [2.05, 4.69) is 15.6 Å². The number of urea groups is 1. The van der Waals surface area contributed by atoms with Crippen molar-refractivity contribution in [1.29, 1.82) is 0 Å². The quantitative estimate of drug-likeness (QED) is 0.814. The topological polar surface area (TPSA) is 83.0 Å². The molecule has 0 aromatic rings. The molecular formula is C16H26N4O3. The molecule has 1 spiro atoms. The molecule has 1 aliphatic carbocycles. The molecule has 3 rings (SSSR count). The largest absolute Gasteiger partial charge is 0.377 e. The lowest BCUT2D eigenvalue weighted by Crippen LogP contribution is -2.54. The Hall–Kier alpha value is -1.63. The second-order valence-corrected chi connectivity index (χ2v) is 6.75. The number of likely N-dealkylation sites (tertiary alicyclic amines) is 1. The lowest BCUT2D eigenvalue weighted by atomic mass is 9.88. The van der Waals surface area contributed by atoms with Crippen molar-refractivity contribution >= 4 is 17.8 Å². The van der Waals surface area contributed by atoms with Crippen LogP contribution in [0.4, 0.5) is 4.79 Å². The molecule has 0 radical (unpaired) electrons. The van der Waals surface area contributed by atoms with Crippen molar-refractivity contribution in [3.63, 3.8) is 0 Å². The number of nitrogens with zero attached hydrogens (tertiary/aromatic N) is 2. The van der Waals surface area contributed by atoms with Crippen LogP contribution in [0.1, 0.15) is 44.9 Å². The standard InChI is InChI=1S/C16H26N4O3/c1-23-11-13-18-14(21)16(19-13)7-9-20(10-8-16)15(22)17-12-5-3-2-4-6-12/h12H,2-11H2,1H3,(H,17,22)(H,18,19,21). The zero-order chi connectivity index (χ0) is 16.3. The van der Waals surface area contributed by atoms with Crippen LogP contribution in [0, 0.1) is 0 Å². The van der Waals surface area contributed by atoms with Crippen LogP contribution >= 0.6 is 0 Å². The van der Waals surface area contributed by atoms with Crippen LogP contribution < -0.4 is 10.6 Å². The summed E-state index contributed by atoms with van der Waals surface area (Å²) >= 11 is 0. The number of carbonyl (C=O) groups is 2. The molecule has 2 fully saturated rings. The monoisotopic (exact) mass is 322 g/mol. The summed E-state index contributed by atoms with van der Waals surface area (Å²) in [6.07, 6.45) is 6.98. The molecule has 23 heavy (non-hydrogen) atoms. The van der Waals surface area contributed by atoms with E-state index in [4.69, 9.17) is 4.74 Å². The number of hydrogen-bond acceptors (Lipinski definition) is 4. The minimum absolute atomic E-state index is 0.00579. The summed E-state index contributed by atoms with van der Waals surface area (Å²) in [7, 11) is 1.58. The van der Waals surface area contributed by atoms with E-state index in [1.54, 1.807) is 7.11 Å². The molecule has 2 aliphatic heterocycles. The molecule has 0 bridgehead atoms. The maximum atomic E-state index is 12.4. The molecule has 128 valence electrons. The van der Waals surface area contributed by atoms with E-state index in [1.165, 1.54) is 19.3 Å². The number of hydrogen-bond donors (Lipinski definition) is 2. The molecule has 2 heterocycles. The van der Waals surface area contributed by atoms with Gasteiger partial charge in [-0.2, -0.15) is 0 Å². The Morgan fingerprint density at radius 1 is 1.35 bits per heavy atom. The zero-order valence-corrected chi connectivity index (χ0v) is 13.8. The third-order valence-electron chi connectivity index (χ3n) is 5.12. The van der Waals surface area contributed by atoms with Gasteiger partial charge in [0.2, 0.25) is 0 Å². The van der Waals surface area contributed by atoms with Gasteiger partial charge >= 0.3 is 6.03 Å². The minimum Gasteiger partial charge on any atom is -0.377 e. The van der Waals surface area contributed by atoms with Gasteiger partial charge in [0.1, 0.15) is 18.0 Å². The normalized spacial score (nSPS) is 24.5. The van der Waals surface area contributed by atoms with Crippen LogP contribution in [0.2, 0.25) is 0 Å². The van der Waals surface area contributed by atoms with E-state index in [1.807, 2.05) is 4.90 Å². The molecule has 0 aromatic heterocycles. The van der Waals surface area contributed by atoms with Crippen molar-refractivity contribution < 1.29 is 14.3 Å². The Balaban J connectivity index is 1.53. The average Bonchev–Trinajstić information content (AvgIpc) is 2.85. The van der Waals surface area contributed by atoms with Crippen LogP contribution in [0.15, 0.2) is 4.99 Å². The molecule has 1 saturated carbocycles. The number of piperidine rings is 1. The van der Waals surface area contributed by atoms with Gasteiger partial charge in [-0.05, 0) is 25.7 Å². The third-order valence-corrected chi connectivity index (χ3v) is 5.12. The van der Waals surface area contributed by atoms with Gasteiger partial charge in [0.25, 0.3) is 5.91 Å². The fourth-order valence-electron chi connectivity index (χ4n) is 3.72. The summed E-state index contributed by atoms with van der Waals surface area (Å²) in [5.41, 5.74) is -0.699. The van der Waals surface area contributed by atoms with Crippen LogP contribution in [0.3, 0.4) is 0 Å². The van der Waals surface area contributed by atoms with Crippen molar-refractivity contribution in [3.8, 4) is 0 Å².